The van der Waals surface area contributed by atoms with Gasteiger partial charge >= 0.3 is 251 Å². The van der Waals surface area contributed by atoms with Crippen molar-refractivity contribution in [1.29, 1.82) is 0 Å². The van der Waals surface area contributed by atoms with Crippen LogP contribution < -0.4 is 24.8 Å². The maximum absolute atomic E-state index is 2.64. The van der Waals surface area contributed by atoms with Gasteiger partial charge in [-0.25, -0.2) is 0 Å². The van der Waals surface area contributed by atoms with Gasteiger partial charge < -0.3 is 24.8 Å². The molecule has 2 atom stereocenters. The molecule has 0 aromatic heterocycles. The molecule has 0 saturated heterocycles. The van der Waals surface area contributed by atoms with Crippen molar-refractivity contribution in [3.63, 3.8) is 0 Å². The maximum Gasteiger partial charge on any atom is -1.00 e. The average Bonchev–Trinajstić information content (AvgIpc) is 3.47. The van der Waals surface area contributed by atoms with E-state index in [0.717, 1.165) is 12.8 Å². The molecule has 0 aliphatic heterocycles. The summed E-state index contributed by atoms with van der Waals surface area (Å²) in [6.45, 7) is 14.9. The summed E-state index contributed by atoms with van der Waals surface area (Å²) in [6, 6.07) is 31.7. The second-order valence-electron chi connectivity index (χ2n) is 12.2. The second kappa shape index (κ2) is 13.8. The van der Waals surface area contributed by atoms with E-state index < -0.39 is 25.8 Å². The monoisotopic (exact) mass is 684 g/mol. The van der Waals surface area contributed by atoms with E-state index in [2.05, 4.69) is 138 Å². The third-order valence-electron chi connectivity index (χ3n) is 9.10. The summed E-state index contributed by atoms with van der Waals surface area (Å²) in [5.41, 5.74) is 18.1. The summed E-state index contributed by atoms with van der Waals surface area (Å²) in [7, 11) is 0. The molecule has 42 heavy (non-hydrogen) atoms. The summed E-state index contributed by atoms with van der Waals surface area (Å²) in [5, 5.41) is 0. The van der Waals surface area contributed by atoms with E-state index in [9.17, 15) is 0 Å². The van der Waals surface area contributed by atoms with E-state index in [-0.39, 0.29) is 24.8 Å². The summed E-state index contributed by atoms with van der Waals surface area (Å²) in [4.78, 5) is 0. The maximum atomic E-state index is 2.64. The Hall–Kier alpha value is -1.96. The van der Waals surface area contributed by atoms with Crippen molar-refractivity contribution in [1.82, 2.24) is 0 Å². The molecule has 0 heterocycles. The molecule has 214 valence electrons. The first-order valence-electron chi connectivity index (χ1n) is 14.7. The minimum atomic E-state index is -2.10. The predicted octanol–water partition coefficient (Wildman–Crippen LogP) is 3.98. The molecule has 6 rings (SSSR count). The molecule has 0 radical (unpaired) electrons. The Morgan fingerprint density at radius 1 is 0.548 bits per heavy atom. The molecule has 2 aliphatic rings. The van der Waals surface area contributed by atoms with Gasteiger partial charge in [0.05, 0.1) is 0 Å². The topological polar surface area (TPSA) is 0 Å². The van der Waals surface area contributed by atoms with Crippen LogP contribution in [0.15, 0.2) is 96.1 Å². The summed E-state index contributed by atoms with van der Waals surface area (Å²) in [6.07, 6.45) is 7.21. The Bertz CT molecular complexity index is 1580. The Labute approximate surface area is 273 Å². The molecule has 0 nitrogen and oxygen atoms in total. The van der Waals surface area contributed by atoms with Crippen LogP contribution in [0.25, 0.3) is 12.2 Å². The molecule has 0 saturated carbocycles. The van der Waals surface area contributed by atoms with Crippen LogP contribution in [0.2, 0.25) is 13.1 Å². The fourth-order valence-corrected chi connectivity index (χ4v) is 28.4. The number of halogens is 2. The first-order chi connectivity index (χ1) is 19.3. The van der Waals surface area contributed by atoms with Gasteiger partial charge in [-0.3, -0.25) is 0 Å². The number of rotatable bonds is 6. The van der Waals surface area contributed by atoms with E-state index >= 15 is 0 Å². The zero-order valence-corrected chi connectivity index (χ0v) is 30.5. The third kappa shape index (κ3) is 6.16. The van der Waals surface area contributed by atoms with Gasteiger partial charge in [0.2, 0.25) is 0 Å². The van der Waals surface area contributed by atoms with Gasteiger partial charge in [0.25, 0.3) is 0 Å². The number of allylic oxidation sites excluding steroid dienone is 2. The van der Waals surface area contributed by atoms with Crippen molar-refractivity contribution in [3.05, 3.63) is 152 Å². The van der Waals surface area contributed by atoms with E-state index in [1.807, 2.05) is 0 Å². The molecule has 2 aliphatic carbocycles. The first kappa shape index (κ1) is 32.9. The van der Waals surface area contributed by atoms with Crippen LogP contribution in [0.3, 0.4) is 0 Å². The van der Waals surface area contributed by atoms with E-state index in [1.54, 1.807) is 33.4 Å². The molecule has 2 unspecified atom stereocenters. The zero-order valence-electron chi connectivity index (χ0n) is 25.6. The Morgan fingerprint density at radius 2 is 0.929 bits per heavy atom. The van der Waals surface area contributed by atoms with Crippen LogP contribution >= 0.6 is 0 Å². The first-order valence-corrected chi connectivity index (χ1v) is 23.7. The van der Waals surface area contributed by atoms with Crippen molar-refractivity contribution in [2.45, 2.75) is 60.9 Å². The largest absolute Gasteiger partial charge is 1.00 e. The van der Waals surface area contributed by atoms with Gasteiger partial charge in [-0.05, 0) is 0 Å². The van der Waals surface area contributed by atoms with E-state index in [4.69, 9.17) is 0 Å². The Balaban J connectivity index is 0.00000202. The number of benzene rings is 4. The minimum absolute atomic E-state index is 0. The normalized spacial score (nSPS) is 16.2. The SMILES string of the molecule is CC1=Cc2c(Cc3ccccc3)ccc(C)c2[CH]1[Zr+2]([CH]1C(C)=Cc2c(Cc3ccccc3)ccc(C)c21)=[Si](C)C.[Cl-].[Cl-]. The van der Waals surface area contributed by atoms with Gasteiger partial charge in [0, 0.05) is 0 Å². The molecule has 0 N–H and O–H groups in total. The molecule has 0 fully saturated rings. The van der Waals surface area contributed by atoms with Crippen LogP contribution in [0.5, 0.6) is 0 Å². The van der Waals surface area contributed by atoms with Gasteiger partial charge in [0.15, 0.2) is 0 Å². The second-order valence-corrected chi connectivity index (χ2v) is 30.0. The fourth-order valence-electron chi connectivity index (χ4n) is 7.25. The molecule has 4 heteroatoms. The van der Waals surface area contributed by atoms with E-state index in [1.165, 1.54) is 33.4 Å². The van der Waals surface area contributed by atoms with E-state index in [0.29, 0.717) is 7.25 Å². The molecule has 4 aromatic rings. The van der Waals surface area contributed by atoms with Gasteiger partial charge in [-0.15, -0.1) is 0 Å². The van der Waals surface area contributed by atoms with Crippen LogP contribution in [0.1, 0.15) is 76.7 Å². The Kier molecular flexibility index (Phi) is 10.8. The summed E-state index contributed by atoms with van der Waals surface area (Å²) in [5.74, 6) is 0. The third-order valence-corrected chi connectivity index (χ3v) is 28.9. The summed E-state index contributed by atoms with van der Waals surface area (Å²) < 4.78 is 1.35. The fraction of sp³-hybridized carbons (Fsp3) is 0.263. The standard InChI is InChI=1S/2C18H17.C2H6Si.2ClH.Zr/c2*1-13-10-17-14(2)8-9-16(18(17)11-13)12-15-6-4-3-5-7-15;1-3-2;;;/h2*3-11H,12H2,1-2H3;1-2H3;2*1H;/q;;;;;+2/p-2. The molecule has 4 aromatic carbocycles. The molecule has 0 bridgehead atoms. The minimum Gasteiger partial charge on any atom is -1.00 e. The molecular weight excluding hydrogens is 647 g/mol. The van der Waals surface area contributed by atoms with Crippen LogP contribution in [-0.4, -0.2) is 5.43 Å². The van der Waals surface area contributed by atoms with Gasteiger partial charge in [-0.1, -0.05) is 0 Å². The smallest absolute Gasteiger partial charge is 1.00 e. The van der Waals surface area contributed by atoms with Crippen molar-refractivity contribution >= 4 is 17.6 Å². The quantitative estimate of drug-likeness (QED) is 0.270. The molecular formula is C38H40Cl2SiZr. The number of hydrogen-bond donors (Lipinski definition) is 0. The predicted molar refractivity (Wildman–Crippen MR) is 171 cm³/mol. The zero-order chi connectivity index (χ0) is 28.0. The average molecular weight is 687 g/mol. The van der Waals surface area contributed by atoms with Crippen molar-refractivity contribution in [3.8, 4) is 0 Å². The number of fused-ring (bicyclic) bond motifs is 2. The van der Waals surface area contributed by atoms with Crippen molar-refractivity contribution in [2.75, 3.05) is 0 Å². The van der Waals surface area contributed by atoms with Gasteiger partial charge in [-0.2, -0.15) is 0 Å². The van der Waals surface area contributed by atoms with Crippen LogP contribution in [0, 0.1) is 13.8 Å². The van der Waals surface area contributed by atoms with Crippen molar-refractivity contribution in [2.24, 2.45) is 0 Å². The summed E-state index contributed by atoms with van der Waals surface area (Å²) >= 11 is -2.10. The Morgan fingerprint density at radius 3 is 1.29 bits per heavy atom. The number of hydrogen-bond acceptors (Lipinski definition) is 0. The van der Waals surface area contributed by atoms with Gasteiger partial charge in [0.1, 0.15) is 0 Å². The number of aryl methyl sites for hydroxylation is 2. The molecule has 0 spiro atoms. The van der Waals surface area contributed by atoms with Crippen molar-refractivity contribution < 1.29 is 45.2 Å². The van der Waals surface area contributed by atoms with Crippen LogP contribution in [-0.2, 0) is 33.2 Å². The molecule has 0 amide bonds. The van der Waals surface area contributed by atoms with Crippen LogP contribution in [0.4, 0.5) is 0 Å².